The van der Waals surface area contributed by atoms with Gasteiger partial charge in [-0.25, -0.2) is 0 Å². The van der Waals surface area contributed by atoms with Crippen molar-refractivity contribution in [1.82, 2.24) is 4.98 Å². The van der Waals surface area contributed by atoms with E-state index in [4.69, 9.17) is 9.49 Å². The first-order valence-corrected chi connectivity index (χ1v) is 18.4. The Bertz CT molecular complexity index is 1270. The summed E-state index contributed by atoms with van der Waals surface area (Å²) in [5, 5.41) is 0. The summed E-state index contributed by atoms with van der Waals surface area (Å²) in [7, 11) is -3.91. The normalized spacial score (nSPS) is 12.8. The maximum Gasteiger partial charge on any atom is 0.0676 e. The molecular formula is C34H53N3P2. The summed E-state index contributed by atoms with van der Waals surface area (Å²) < 4.78 is 11.5. The minimum absolute atomic E-state index is 0.425. The number of hydrogen-bond acceptors (Lipinski definition) is 2. The number of nitrogens with zero attached hydrogens (tertiary/aromatic N) is 2. The smallest absolute Gasteiger partial charge is 0.0676 e. The molecule has 1 N–H and O–H groups in total. The Morgan fingerprint density at radius 2 is 0.744 bits per heavy atom. The highest BCUT2D eigenvalue weighted by atomic mass is 31.2. The number of nitrogens with one attached hydrogen (secondary N) is 1. The van der Waals surface area contributed by atoms with Gasteiger partial charge in [0.15, 0.2) is 0 Å². The molecular weight excluding hydrogens is 512 g/mol. The number of rotatable bonds is 8. The van der Waals surface area contributed by atoms with E-state index in [2.05, 4.69) is 138 Å². The zero-order chi connectivity index (χ0) is 29.4. The summed E-state index contributed by atoms with van der Waals surface area (Å²) >= 11 is 0. The maximum absolute atomic E-state index is 5.77. The van der Waals surface area contributed by atoms with Crippen LogP contribution in [0.4, 0.5) is 11.4 Å². The predicted octanol–water partition coefficient (Wildman–Crippen LogP) is 10.8. The van der Waals surface area contributed by atoms with Crippen molar-refractivity contribution in [1.29, 1.82) is 0 Å². The molecule has 0 atom stereocenters. The third kappa shape index (κ3) is 5.83. The second-order valence-corrected chi connectivity index (χ2v) is 21.2. The molecule has 5 heteroatoms. The number of hydrogen-bond donors (Lipinski definition) is 1. The summed E-state index contributed by atoms with van der Waals surface area (Å²) in [5.41, 5.74) is 14.4. The molecule has 214 valence electrons. The van der Waals surface area contributed by atoms with Gasteiger partial charge in [-0.05, 0) is 98.6 Å². The Morgan fingerprint density at radius 3 is 0.974 bits per heavy atom. The van der Waals surface area contributed by atoms with Crippen molar-refractivity contribution in [2.75, 3.05) is 0 Å². The second-order valence-electron chi connectivity index (χ2n) is 12.8. The number of aromatic nitrogens is 1. The maximum atomic E-state index is 5.77. The highest BCUT2D eigenvalue weighted by Gasteiger charge is 2.36. The summed E-state index contributed by atoms with van der Waals surface area (Å²) in [6, 6.07) is 13.9. The zero-order valence-corrected chi connectivity index (χ0v) is 28.9. The van der Waals surface area contributed by atoms with Crippen molar-refractivity contribution < 1.29 is 0 Å². The van der Waals surface area contributed by atoms with Gasteiger partial charge < -0.3 is 4.98 Å². The fourth-order valence-electron chi connectivity index (χ4n) is 6.66. The van der Waals surface area contributed by atoms with Gasteiger partial charge in [0, 0.05) is 14.1 Å². The molecule has 0 saturated carbocycles. The van der Waals surface area contributed by atoms with E-state index in [9.17, 15) is 0 Å². The van der Waals surface area contributed by atoms with Gasteiger partial charge in [0.2, 0.25) is 0 Å². The van der Waals surface area contributed by atoms with Crippen LogP contribution in [0, 0.1) is 41.5 Å². The van der Waals surface area contributed by atoms with Gasteiger partial charge in [0.05, 0.1) is 22.2 Å². The Hall–Kier alpha value is -1.82. The molecule has 0 radical (unpaired) electrons. The van der Waals surface area contributed by atoms with E-state index in [1.54, 1.807) is 0 Å². The molecule has 3 aromatic rings. The SMILES string of the molecule is Cc1cc(C)c(N=P(c2ccc(P(=Nc3c(C)cc(C)cc3C)(C(C)C)C(C)C)[nH]2)(C(C)C)C(C)C)c(C)c1. The van der Waals surface area contributed by atoms with E-state index in [0.29, 0.717) is 22.6 Å². The topological polar surface area (TPSA) is 40.5 Å². The number of benzene rings is 2. The van der Waals surface area contributed by atoms with Crippen molar-refractivity contribution in [3.05, 3.63) is 69.8 Å². The van der Waals surface area contributed by atoms with Crippen LogP contribution in [0.2, 0.25) is 0 Å². The van der Waals surface area contributed by atoms with Crippen LogP contribution in [0.15, 0.2) is 45.9 Å². The fourth-order valence-corrected chi connectivity index (χ4v) is 15.0. The molecule has 39 heavy (non-hydrogen) atoms. The molecule has 0 bridgehead atoms. The molecule has 0 aliphatic carbocycles. The van der Waals surface area contributed by atoms with Crippen molar-refractivity contribution >= 4 is 36.4 Å². The fraction of sp³-hybridized carbons (Fsp3) is 0.529. The lowest BCUT2D eigenvalue weighted by atomic mass is 10.1. The molecule has 0 fully saturated rings. The Balaban J connectivity index is 2.40. The predicted molar refractivity (Wildman–Crippen MR) is 180 cm³/mol. The Kier molecular flexibility index (Phi) is 9.73. The van der Waals surface area contributed by atoms with Crippen LogP contribution in [0.1, 0.15) is 88.8 Å². The molecule has 0 spiro atoms. The third-order valence-electron chi connectivity index (χ3n) is 8.38. The molecule has 2 aromatic carbocycles. The van der Waals surface area contributed by atoms with Crippen LogP contribution in [0.3, 0.4) is 0 Å². The molecule has 0 saturated heterocycles. The first-order chi connectivity index (χ1) is 18.1. The second kappa shape index (κ2) is 12.0. The van der Waals surface area contributed by atoms with Crippen LogP contribution >= 0.6 is 14.1 Å². The van der Waals surface area contributed by atoms with Crippen molar-refractivity contribution in [3.8, 4) is 0 Å². The van der Waals surface area contributed by atoms with Gasteiger partial charge in [-0.15, -0.1) is 0 Å². The van der Waals surface area contributed by atoms with Crippen LogP contribution in [-0.4, -0.2) is 27.6 Å². The molecule has 0 aliphatic heterocycles. The van der Waals surface area contributed by atoms with Gasteiger partial charge in [0.25, 0.3) is 0 Å². The lowest BCUT2D eigenvalue weighted by Crippen LogP contribution is -2.26. The minimum atomic E-state index is -1.96. The van der Waals surface area contributed by atoms with Crippen molar-refractivity contribution in [3.63, 3.8) is 0 Å². The van der Waals surface area contributed by atoms with Gasteiger partial charge in [-0.1, -0.05) is 90.8 Å². The summed E-state index contributed by atoms with van der Waals surface area (Å²) in [4.78, 5) is 4.07. The molecule has 1 aromatic heterocycles. The Morgan fingerprint density at radius 1 is 0.487 bits per heavy atom. The molecule has 3 nitrogen and oxygen atoms in total. The Labute approximate surface area is 239 Å². The van der Waals surface area contributed by atoms with Gasteiger partial charge in [-0.3, -0.25) is 9.49 Å². The lowest BCUT2D eigenvalue weighted by Gasteiger charge is -2.34. The van der Waals surface area contributed by atoms with Crippen molar-refractivity contribution in [2.45, 2.75) is 120 Å². The summed E-state index contributed by atoms with van der Waals surface area (Å²) in [6.07, 6.45) is 0. The number of aryl methyl sites for hydroxylation is 6. The van der Waals surface area contributed by atoms with Crippen LogP contribution in [0.25, 0.3) is 0 Å². The van der Waals surface area contributed by atoms with E-state index in [0.717, 1.165) is 0 Å². The average Bonchev–Trinajstić information content (AvgIpc) is 3.27. The van der Waals surface area contributed by atoms with E-state index in [1.165, 1.54) is 55.6 Å². The third-order valence-corrected chi connectivity index (χ3v) is 17.8. The molecule has 3 rings (SSSR count). The first-order valence-electron chi connectivity index (χ1n) is 14.7. The standard InChI is InChI=1S/C34H53N3P2/c1-21(2)38(22(3)4,36-33-27(11)17-25(9)18-28(33)12)31-15-16-32(35-31)39(23(5)6,24(7)8)37-34-29(13)19-26(10)20-30(34)14/h15-24,35H,1-14H3. The van der Waals surface area contributed by atoms with Gasteiger partial charge in [-0.2, -0.15) is 0 Å². The zero-order valence-electron chi connectivity index (χ0n) is 27.1. The highest BCUT2D eigenvalue weighted by molar-refractivity contribution is 7.76. The highest BCUT2D eigenvalue weighted by Crippen LogP contribution is 2.62. The number of H-pyrrole nitrogens is 1. The van der Waals surface area contributed by atoms with Crippen molar-refractivity contribution in [2.24, 2.45) is 9.49 Å². The molecule has 0 unspecified atom stereocenters. The summed E-state index contributed by atoms with van der Waals surface area (Å²) in [6.45, 7) is 32.2. The minimum Gasteiger partial charge on any atom is -0.353 e. The molecule has 1 heterocycles. The van der Waals surface area contributed by atoms with Gasteiger partial charge in [0.1, 0.15) is 0 Å². The monoisotopic (exact) mass is 565 g/mol. The molecule has 0 amide bonds. The molecule has 0 aliphatic rings. The first kappa shape index (κ1) is 31.7. The van der Waals surface area contributed by atoms with E-state index in [-0.39, 0.29) is 0 Å². The quantitative estimate of drug-likeness (QED) is 0.264. The van der Waals surface area contributed by atoms with Crippen LogP contribution in [-0.2, 0) is 0 Å². The average molecular weight is 566 g/mol. The summed E-state index contributed by atoms with van der Waals surface area (Å²) in [5.74, 6) is 0. The largest absolute Gasteiger partial charge is 0.353 e. The van der Waals surface area contributed by atoms with Crippen LogP contribution < -0.4 is 10.9 Å². The van der Waals surface area contributed by atoms with E-state index < -0.39 is 14.1 Å². The van der Waals surface area contributed by atoms with E-state index >= 15 is 0 Å². The van der Waals surface area contributed by atoms with Crippen LogP contribution in [0.5, 0.6) is 0 Å². The lowest BCUT2D eigenvalue weighted by molar-refractivity contribution is 0.994. The van der Waals surface area contributed by atoms with E-state index in [1.807, 2.05) is 0 Å². The van der Waals surface area contributed by atoms with Gasteiger partial charge >= 0.3 is 0 Å². The number of aromatic amines is 1.